The maximum Gasteiger partial charge on any atom is 0.122 e. The second kappa shape index (κ2) is 6.27. The minimum Gasteiger partial charge on any atom is -0.382 e. The number of aliphatic hydroxyl groups excluding tert-OH is 1. The van der Waals surface area contributed by atoms with Crippen molar-refractivity contribution in [2.24, 2.45) is 0 Å². The largest absolute Gasteiger partial charge is 0.382 e. The van der Waals surface area contributed by atoms with Crippen LogP contribution in [-0.2, 0) is 6.54 Å². The van der Waals surface area contributed by atoms with Crippen LogP contribution in [0.3, 0.4) is 0 Å². The number of hydrogen-bond donors (Lipinski definition) is 1. The van der Waals surface area contributed by atoms with Crippen LogP contribution in [0.15, 0.2) is 28.9 Å². The Bertz CT molecular complexity index is 586. The molecule has 0 fully saturated rings. The van der Waals surface area contributed by atoms with Gasteiger partial charge in [-0.2, -0.15) is 5.10 Å². The van der Waals surface area contributed by atoms with Crippen molar-refractivity contribution in [2.75, 3.05) is 0 Å². The van der Waals surface area contributed by atoms with Crippen LogP contribution >= 0.6 is 39.1 Å². The molecule has 0 aliphatic rings. The summed E-state index contributed by atoms with van der Waals surface area (Å²) in [5.74, 6) is 0. The molecule has 19 heavy (non-hydrogen) atoms. The van der Waals surface area contributed by atoms with Crippen LogP contribution in [0.4, 0.5) is 0 Å². The summed E-state index contributed by atoms with van der Waals surface area (Å²) in [6, 6.07) is 5.11. The van der Waals surface area contributed by atoms with Gasteiger partial charge in [0.05, 0.1) is 26.4 Å². The fourth-order valence-corrected chi connectivity index (χ4v) is 2.69. The van der Waals surface area contributed by atoms with Crippen molar-refractivity contribution in [2.45, 2.75) is 26.0 Å². The Labute approximate surface area is 130 Å². The fraction of sp³-hybridized carbons (Fsp3) is 0.308. The summed E-state index contributed by atoms with van der Waals surface area (Å²) >= 11 is 15.3. The number of benzene rings is 1. The Morgan fingerprint density at radius 3 is 2.74 bits per heavy atom. The third-order valence-corrected chi connectivity index (χ3v) is 4.14. The Morgan fingerprint density at radius 2 is 2.11 bits per heavy atom. The van der Waals surface area contributed by atoms with Gasteiger partial charge in [0.2, 0.25) is 0 Å². The van der Waals surface area contributed by atoms with Gasteiger partial charge in [0.15, 0.2) is 0 Å². The first-order chi connectivity index (χ1) is 9.04. The van der Waals surface area contributed by atoms with Crippen molar-refractivity contribution >= 4 is 39.1 Å². The van der Waals surface area contributed by atoms with E-state index in [-0.39, 0.29) is 0 Å². The maximum atomic E-state index is 10.5. The summed E-state index contributed by atoms with van der Waals surface area (Å²) in [6.45, 7) is 2.81. The van der Waals surface area contributed by atoms with Crippen LogP contribution in [0.2, 0.25) is 10.0 Å². The second-order valence-corrected chi connectivity index (χ2v) is 5.85. The van der Waals surface area contributed by atoms with Gasteiger partial charge >= 0.3 is 0 Å². The maximum absolute atomic E-state index is 10.5. The molecule has 1 atom stereocenters. The highest BCUT2D eigenvalue weighted by molar-refractivity contribution is 9.10. The summed E-state index contributed by atoms with van der Waals surface area (Å²) in [5, 5.41) is 15.6. The molecule has 3 nitrogen and oxygen atoms in total. The van der Waals surface area contributed by atoms with E-state index in [4.69, 9.17) is 23.2 Å². The van der Waals surface area contributed by atoms with E-state index >= 15 is 0 Å². The van der Waals surface area contributed by atoms with Gasteiger partial charge in [-0.25, -0.2) is 0 Å². The third-order valence-electron chi connectivity index (χ3n) is 2.79. The van der Waals surface area contributed by atoms with Gasteiger partial charge in [0, 0.05) is 6.54 Å². The average Bonchev–Trinajstić information content (AvgIpc) is 2.74. The Hall–Kier alpha value is -0.550. The summed E-state index contributed by atoms with van der Waals surface area (Å²) in [7, 11) is 0. The average molecular weight is 364 g/mol. The molecule has 2 aromatic rings. The molecule has 102 valence electrons. The van der Waals surface area contributed by atoms with E-state index in [0.717, 1.165) is 23.1 Å². The lowest BCUT2D eigenvalue weighted by Crippen LogP contribution is -2.10. The van der Waals surface area contributed by atoms with Crippen LogP contribution < -0.4 is 0 Å². The normalized spacial score (nSPS) is 12.7. The van der Waals surface area contributed by atoms with Crippen LogP contribution in [0.1, 0.15) is 30.7 Å². The van der Waals surface area contributed by atoms with Crippen LogP contribution in [0.5, 0.6) is 0 Å². The second-order valence-electron chi connectivity index (χ2n) is 4.18. The molecular weight excluding hydrogens is 351 g/mol. The summed E-state index contributed by atoms with van der Waals surface area (Å²) < 4.78 is 2.57. The summed E-state index contributed by atoms with van der Waals surface area (Å²) in [6.07, 6.45) is 1.83. The molecule has 0 saturated heterocycles. The van der Waals surface area contributed by atoms with Crippen LogP contribution in [0, 0.1) is 0 Å². The Morgan fingerprint density at radius 1 is 1.37 bits per heavy atom. The van der Waals surface area contributed by atoms with Crippen molar-refractivity contribution in [1.29, 1.82) is 0 Å². The lowest BCUT2D eigenvalue weighted by atomic mass is 10.1. The van der Waals surface area contributed by atoms with E-state index in [1.807, 2.05) is 0 Å². The van der Waals surface area contributed by atoms with E-state index in [9.17, 15) is 5.11 Å². The van der Waals surface area contributed by atoms with Gasteiger partial charge in [-0.15, -0.1) is 0 Å². The van der Waals surface area contributed by atoms with Crippen molar-refractivity contribution in [3.05, 3.63) is 50.2 Å². The molecule has 2 rings (SSSR count). The zero-order valence-corrected chi connectivity index (χ0v) is 13.4. The van der Waals surface area contributed by atoms with E-state index in [1.165, 1.54) is 0 Å². The molecule has 1 unspecified atom stereocenters. The van der Waals surface area contributed by atoms with Crippen molar-refractivity contribution in [1.82, 2.24) is 9.78 Å². The van der Waals surface area contributed by atoms with E-state index in [0.29, 0.717) is 15.6 Å². The SMILES string of the molecule is CCCn1ncc(Br)c1C(O)c1ccc(Cl)c(Cl)c1. The highest BCUT2D eigenvalue weighted by atomic mass is 79.9. The Kier molecular flexibility index (Phi) is 4.90. The molecule has 0 spiro atoms. The standard InChI is InChI=1S/C13H13BrCl2N2O/c1-2-5-18-12(9(14)7-17-18)13(19)8-3-4-10(15)11(16)6-8/h3-4,6-7,13,19H,2,5H2,1H3. The summed E-state index contributed by atoms with van der Waals surface area (Å²) in [4.78, 5) is 0. The molecule has 0 saturated carbocycles. The van der Waals surface area contributed by atoms with Crippen molar-refractivity contribution in [3.8, 4) is 0 Å². The van der Waals surface area contributed by atoms with Gasteiger partial charge in [0.1, 0.15) is 6.10 Å². The predicted octanol–water partition coefficient (Wildman–Crippen LogP) is 4.44. The Balaban J connectivity index is 2.40. The number of hydrogen-bond acceptors (Lipinski definition) is 2. The van der Waals surface area contributed by atoms with E-state index < -0.39 is 6.10 Å². The first-order valence-corrected chi connectivity index (χ1v) is 7.43. The molecule has 0 aliphatic heterocycles. The molecule has 1 N–H and O–H groups in total. The van der Waals surface area contributed by atoms with Gasteiger partial charge < -0.3 is 5.11 Å². The van der Waals surface area contributed by atoms with Gasteiger partial charge in [-0.05, 0) is 40.0 Å². The quantitative estimate of drug-likeness (QED) is 0.871. The number of aromatic nitrogens is 2. The number of halogens is 3. The number of aryl methyl sites for hydroxylation is 1. The lowest BCUT2D eigenvalue weighted by Gasteiger charge is -2.15. The lowest BCUT2D eigenvalue weighted by molar-refractivity contribution is 0.206. The molecule has 1 aromatic carbocycles. The minimum atomic E-state index is -0.793. The number of nitrogens with zero attached hydrogens (tertiary/aromatic N) is 2. The van der Waals surface area contributed by atoms with Crippen LogP contribution in [-0.4, -0.2) is 14.9 Å². The fourth-order valence-electron chi connectivity index (χ4n) is 1.87. The smallest absolute Gasteiger partial charge is 0.122 e. The van der Waals surface area contributed by atoms with Gasteiger partial charge in [-0.3, -0.25) is 4.68 Å². The molecule has 6 heteroatoms. The highest BCUT2D eigenvalue weighted by Crippen LogP contribution is 2.32. The number of aliphatic hydroxyl groups is 1. The molecule has 1 heterocycles. The summed E-state index contributed by atoms with van der Waals surface area (Å²) in [5.41, 5.74) is 1.41. The molecule has 0 radical (unpaired) electrons. The first kappa shape index (κ1) is 14.9. The van der Waals surface area contributed by atoms with Gasteiger partial charge in [0.25, 0.3) is 0 Å². The van der Waals surface area contributed by atoms with E-state index in [2.05, 4.69) is 28.0 Å². The highest BCUT2D eigenvalue weighted by Gasteiger charge is 2.20. The van der Waals surface area contributed by atoms with E-state index in [1.54, 1.807) is 29.1 Å². The molecular formula is C13H13BrCl2N2O. The zero-order valence-electron chi connectivity index (χ0n) is 10.3. The molecule has 0 aliphatic carbocycles. The van der Waals surface area contributed by atoms with Crippen molar-refractivity contribution in [3.63, 3.8) is 0 Å². The first-order valence-electron chi connectivity index (χ1n) is 5.88. The van der Waals surface area contributed by atoms with Gasteiger partial charge in [-0.1, -0.05) is 36.2 Å². The predicted molar refractivity (Wildman–Crippen MR) is 80.7 cm³/mol. The van der Waals surface area contributed by atoms with Crippen molar-refractivity contribution < 1.29 is 5.11 Å². The third kappa shape index (κ3) is 3.14. The molecule has 0 amide bonds. The molecule has 0 bridgehead atoms. The minimum absolute atomic E-state index is 0.427. The zero-order chi connectivity index (χ0) is 14.0. The topological polar surface area (TPSA) is 38.0 Å². The number of rotatable bonds is 4. The van der Waals surface area contributed by atoms with Crippen LogP contribution in [0.25, 0.3) is 0 Å². The monoisotopic (exact) mass is 362 g/mol. The molecule has 1 aromatic heterocycles.